The van der Waals surface area contributed by atoms with Crippen LogP contribution < -0.4 is 16.0 Å². The molecule has 0 radical (unpaired) electrons. The number of para-hydroxylation sites is 2. The normalized spacial score (nSPS) is 15.4. The standard InChI is InChI=1S/C30H33N5O3/c36-29(27-18-22-12-4-5-13-23(22)19-32-27)35-26(28-33-24-14-6-7-15-25(24)34-28)16-8-9-17-31-30(37)38-20-21-10-2-1-3-11-21/h1-7,10-15,26-27,32H,8-9,16-20H2,(H,31,37)(H,33,34)(H,35,36)/t26-,27?/m0/s1. The van der Waals surface area contributed by atoms with Gasteiger partial charge in [-0.1, -0.05) is 66.7 Å². The van der Waals surface area contributed by atoms with Gasteiger partial charge in [0, 0.05) is 13.1 Å². The average Bonchev–Trinajstić information content (AvgIpc) is 3.40. The summed E-state index contributed by atoms with van der Waals surface area (Å²) in [6, 6.07) is 25.1. The highest BCUT2D eigenvalue weighted by molar-refractivity contribution is 5.83. The van der Waals surface area contributed by atoms with E-state index in [9.17, 15) is 9.59 Å². The van der Waals surface area contributed by atoms with Crippen molar-refractivity contribution in [2.24, 2.45) is 0 Å². The lowest BCUT2D eigenvalue weighted by Gasteiger charge is -2.27. The number of unbranched alkanes of at least 4 members (excludes halogenated alkanes) is 1. The van der Waals surface area contributed by atoms with Crippen LogP contribution in [0.25, 0.3) is 11.0 Å². The molecule has 2 atom stereocenters. The molecule has 0 bridgehead atoms. The molecular formula is C30H33N5O3. The smallest absolute Gasteiger partial charge is 0.407 e. The van der Waals surface area contributed by atoms with E-state index in [0.29, 0.717) is 25.9 Å². The van der Waals surface area contributed by atoms with Gasteiger partial charge in [0.1, 0.15) is 12.4 Å². The molecule has 1 aliphatic rings. The Balaban J connectivity index is 1.15. The minimum atomic E-state index is -0.431. The monoisotopic (exact) mass is 511 g/mol. The van der Waals surface area contributed by atoms with Gasteiger partial charge in [-0.3, -0.25) is 4.79 Å². The Kier molecular flexibility index (Phi) is 8.30. The second-order valence-corrected chi connectivity index (χ2v) is 9.59. The predicted octanol–water partition coefficient (Wildman–Crippen LogP) is 4.53. The first-order valence-electron chi connectivity index (χ1n) is 13.2. The van der Waals surface area contributed by atoms with Gasteiger partial charge in [-0.05, 0) is 54.5 Å². The van der Waals surface area contributed by atoms with Crippen LogP contribution in [-0.4, -0.2) is 34.6 Å². The Labute approximate surface area is 222 Å². The zero-order valence-corrected chi connectivity index (χ0v) is 21.3. The molecule has 0 aliphatic carbocycles. The van der Waals surface area contributed by atoms with E-state index in [2.05, 4.69) is 33.1 Å². The summed E-state index contributed by atoms with van der Waals surface area (Å²) < 4.78 is 5.27. The third-order valence-corrected chi connectivity index (χ3v) is 6.85. The molecule has 0 saturated carbocycles. The molecule has 8 heteroatoms. The van der Waals surface area contributed by atoms with Crippen molar-refractivity contribution in [3.63, 3.8) is 0 Å². The van der Waals surface area contributed by atoms with Crippen molar-refractivity contribution in [2.75, 3.05) is 6.54 Å². The SMILES string of the molecule is O=C(NCCCC[C@H](NC(=O)C1Cc2ccccc2CN1)c1nc2ccccc2[nH]1)OCc1ccccc1. The molecule has 1 unspecified atom stereocenters. The number of nitrogens with one attached hydrogen (secondary N) is 4. The molecule has 8 nitrogen and oxygen atoms in total. The first-order chi connectivity index (χ1) is 18.7. The average molecular weight is 512 g/mol. The minimum Gasteiger partial charge on any atom is -0.445 e. The summed E-state index contributed by atoms with van der Waals surface area (Å²) >= 11 is 0. The van der Waals surface area contributed by atoms with Gasteiger partial charge in [-0.15, -0.1) is 0 Å². The fourth-order valence-electron chi connectivity index (χ4n) is 4.76. The molecule has 38 heavy (non-hydrogen) atoms. The van der Waals surface area contributed by atoms with Crippen molar-refractivity contribution in [1.29, 1.82) is 0 Å². The van der Waals surface area contributed by atoms with Crippen molar-refractivity contribution >= 4 is 23.0 Å². The largest absolute Gasteiger partial charge is 0.445 e. The molecule has 0 saturated heterocycles. The Hall–Kier alpha value is -4.17. The molecule has 3 aromatic carbocycles. The van der Waals surface area contributed by atoms with Crippen molar-refractivity contribution in [3.05, 3.63) is 101 Å². The van der Waals surface area contributed by atoms with Gasteiger partial charge >= 0.3 is 6.09 Å². The molecule has 0 fully saturated rings. The number of fused-ring (bicyclic) bond motifs is 2. The maximum absolute atomic E-state index is 13.3. The van der Waals surface area contributed by atoms with Crippen molar-refractivity contribution in [3.8, 4) is 0 Å². The van der Waals surface area contributed by atoms with E-state index in [1.165, 1.54) is 11.1 Å². The van der Waals surface area contributed by atoms with Gasteiger partial charge in [0.2, 0.25) is 5.91 Å². The van der Waals surface area contributed by atoms with Crippen LogP contribution in [0.3, 0.4) is 0 Å². The third kappa shape index (κ3) is 6.58. The molecule has 4 N–H and O–H groups in total. The number of carbonyl (C=O) groups excluding carboxylic acids is 2. The number of alkyl carbamates (subject to hydrolysis) is 1. The number of carbonyl (C=O) groups is 2. The molecule has 196 valence electrons. The molecule has 5 rings (SSSR count). The first-order valence-corrected chi connectivity index (χ1v) is 13.2. The summed E-state index contributed by atoms with van der Waals surface area (Å²) in [4.78, 5) is 33.4. The number of hydrogen-bond acceptors (Lipinski definition) is 5. The highest BCUT2D eigenvalue weighted by Gasteiger charge is 2.27. The highest BCUT2D eigenvalue weighted by atomic mass is 16.5. The predicted molar refractivity (Wildman–Crippen MR) is 146 cm³/mol. The summed E-state index contributed by atoms with van der Waals surface area (Å²) in [7, 11) is 0. The molecule has 4 aromatic rings. The Bertz CT molecular complexity index is 1340. The quantitative estimate of drug-likeness (QED) is 0.234. The number of ether oxygens (including phenoxy) is 1. The second-order valence-electron chi connectivity index (χ2n) is 9.59. The summed E-state index contributed by atoms with van der Waals surface area (Å²) in [5.74, 6) is 0.707. The minimum absolute atomic E-state index is 0.0347. The van der Waals surface area contributed by atoms with Gasteiger partial charge in [0.15, 0.2) is 0 Å². The number of amides is 2. The van der Waals surface area contributed by atoms with E-state index in [-0.39, 0.29) is 24.6 Å². The van der Waals surface area contributed by atoms with E-state index < -0.39 is 6.09 Å². The number of benzene rings is 3. The zero-order valence-electron chi connectivity index (χ0n) is 21.3. The maximum Gasteiger partial charge on any atom is 0.407 e. The second kappa shape index (κ2) is 12.4. The molecule has 1 aromatic heterocycles. The molecule has 2 amide bonds. The number of H-pyrrole nitrogens is 1. The zero-order chi connectivity index (χ0) is 26.2. The Morgan fingerprint density at radius 3 is 2.55 bits per heavy atom. The van der Waals surface area contributed by atoms with Crippen LogP contribution in [0.2, 0.25) is 0 Å². The summed E-state index contributed by atoms with van der Waals surface area (Å²) in [5.41, 5.74) is 5.20. The van der Waals surface area contributed by atoms with Crippen LogP contribution in [0.5, 0.6) is 0 Å². The van der Waals surface area contributed by atoms with E-state index in [4.69, 9.17) is 9.72 Å². The van der Waals surface area contributed by atoms with E-state index in [1.54, 1.807) is 0 Å². The molecule has 0 spiro atoms. The fourth-order valence-corrected chi connectivity index (χ4v) is 4.76. The van der Waals surface area contributed by atoms with Gasteiger partial charge < -0.3 is 25.7 Å². The number of imidazole rings is 1. The molecule has 1 aliphatic heterocycles. The Morgan fingerprint density at radius 1 is 0.947 bits per heavy atom. The van der Waals surface area contributed by atoms with Crippen LogP contribution in [0.15, 0.2) is 78.9 Å². The Morgan fingerprint density at radius 2 is 1.71 bits per heavy atom. The van der Waals surface area contributed by atoms with E-state index in [1.807, 2.05) is 66.7 Å². The maximum atomic E-state index is 13.3. The third-order valence-electron chi connectivity index (χ3n) is 6.85. The van der Waals surface area contributed by atoms with Crippen LogP contribution in [0.1, 0.15) is 47.8 Å². The number of aromatic nitrogens is 2. The lowest BCUT2D eigenvalue weighted by Crippen LogP contribution is -2.48. The van der Waals surface area contributed by atoms with E-state index >= 15 is 0 Å². The van der Waals surface area contributed by atoms with Gasteiger partial charge in [-0.2, -0.15) is 0 Å². The fraction of sp³-hybridized carbons (Fsp3) is 0.300. The molecular weight excluding hydrogens is 478 g/mol. The van der Waals surface area contributed by atoms with E-state index in [0.717, 1.165) is 35.3 Å². The van der Waals surface area contributed by atoms with Crippen LogP contribution >= 0.6 is 0 Å². The highest BCUT2D eigenvalue weighted by Crippen LogP contribution is 2.22. The number of hydrogen-bond donors (Lipinski definition) is 4. The summed E-state index contributed by atoms with van der Waals surface area (Å²) in [6.45, 7) is 1.41. The van der Waals surface area contributed by atoms with Crippen molar-refractivity contribution < 1.29 is 14.3 Å². The number of aromatic amines is 1. The van der Waals surface area contributed by atoms with Crippen LogP contribution in [0.4, 0.5) is 4.79 Å². The molecule has 2 heterocycles. The van der Waals surface area contributed by atoms with Gasteiger partial charge in [-0.25, -0.2) is 9.78 Å². The summed E-state index contributed by atoms with van der Waals surface area (Å²) in [6.07, 6.45) is 2.46. The first kappa shape index (κ1) is 25.5. The van der Waals surface area contributed by atoms with Crippen LogP contribution in [-0.2, 0) is 29.1 Å². The lowest BCUT2D eigenvalue weighted by atomic mass is 9.95. The topological polar surface area (TPSA) is 108 Å². The van der Waals surface area contributed by atoms with Crippen molar-refractivity contribution in [1.82, 2.24) is 25.9 Å². The lowest BCUT2D eigenvalue weighted by molar-refractivity contribution is -0.124. The van der Waals surface area contributed by atoms with Crippen molar-refractivity contribution in [2.45, 2.75) is 50.9 Å². The summed E-state index contributed by atoms with van der Waals surface area (Å²) in [5, 5.41) is 9.40. The number of rotatable bonds is 10. The van der Waals surface area contributed by atoms with Gasteiger partial charge in [0.05, 0.1) is 23.1 Å². The van der Waals surface area contributed by atoms with Crippen LogP contribution in [0, 0.1) is 0 Å². The number of nitrogens with zero attached hydrogens (tertiary/aromatic N) is 1. The van der Waals surface area contributed by atoms with Gasteiger partial charge in [0.25, 0.3) is 0 Å².